The Labute approximate surface area is 217 Å². The molecule has 2 aromatic carbocycles. The molecule has 0 aliphatic rings. The summed E-state index contributed by atoms with van der Waals surface area (Å²) in [6, 6.07) is 16.6. The number of nitrogens with one attached hydrogen (secondary N) is 1. The minimum atomic E-state index is -0.334. The van der Waals surface area contributed by atoms with E-state index >= 15 is 0 Å². The molecule has 0 radical (unpaired) electrons. The maximum Gasteiger partial charge on any atom is 0.223 e. The highest BCUT2D eigenvalue weighted by Gasteiger charge is 2.19. The van der Waals surface area contributed by atoms with Crippen LogP contribution in [0.15, 0.2) is 73.1 Å². The minimum absolute atomic E-state index is 0.0853. The van der Waals surface area contributed by atoms with Crippen LogP contribution in [-0.2, 0) is 13.1 Å². The second kappa shape index (κ2) is 10.8. The Morgan fingerprint density at radius 1 is 0.974 bits per heavy atom. The molecule has 0 saturated heterocycles. The van der Waals surface area contributed by atoms with Crippen LogP contribution >= 0.6 is 0 Å². The van der Waals surface area contributed by atoms with E-state index in [1.165, 1.54) is 24.3 Å². The molecule has 0 unspecified atom stereocenters. The third-order valence-corrected chi connectivity index (χ3v) is 5.92. The van der Waals surface area contributed by atoms with E-state index < -0.39 is 0 Å². The number of benzene rings is 2. The molecule has 0 spiro atoms. The van der Waals surface area contributed by atoms with Crippen molar-refractivity contribution in [1.29, 1.82) is 0 Å². The Morgan fingerprint density at radius 3 is 2.39 bits per heavy atom. The van der Waals surface area contributed by atoms with Gasteiger partial charge in [0, 0.05) is 24.5 Å². The van der Waals surface area contributed by atoms with Gasteiger partial charge in [0.1, 0.15) is 11.5 Å². The smallest absolute Gasteiger partial charge is 0.223 e. The average molecular weight is 517 g/mol. The van der Waals surface area contributed by atoms with Crippen LogP contribution in [0.3, 0.4) is 0 Å². The fraction of sp³-hybridized carbons (Fsp3) is 0.148. The quantitative estimate of drug-likeness (QED) is 0.184. The Kier molecular flexibility index (Phi) is 7.13. The zero-order valence-corrected chi connectivity index (χ0v) is 20.7. The number of nitrogens with zero attached hydrogens (tertiary/aromatic N) is 5. The van der Waals surface area contributed by atoms with Crippen LogP contribution in [0.25, 0.3) is 28.3 Å². The van der Waals surface area contributed by atoms with Crippen LogP contribution in [-0.4, -0.2) is 48.9 Å². The average Bonchev–Trinajstić information content (AvgIpc) is 3.30. The lowest BCUT2D eigenvalue weighted by molar-refractivity contribution is -0.146. The van der Waals surface area contributed by atoms with E-state index in [9.17, 15) is 14.9 Å². The molecular weight excluding hydrogens is 491 g/mol. The lowest BCUT2D eigenvalue weighted by atomic mass is 10.1. The van der Waals surface area contributed by atoms with Gasteiger partial charge in [0.05, 0.1) is 29.2 Å². The number of pyridine rings is 1. The maximum absolute atomic E-state index is 13.7. The summed E-state index contributed by atoms with van der Waals surface area (Å²) >= 11 is 0. The van der Waals surface area contributed by atoms with Crippen molar-refractivity contribution in [1.82, 2.24) is 24.3 Å². The minimum Gasteiger partial charge on any atom is -0.350 e. The summed E-state index contributed by atoms with van der Waals surface area (Å²) in [7, 11) is 4.00. The summed E-state index contributed by atoms with van der Waals surface area (Å²) < 4.78 is 15.6. The summed E-state index contributed by atoms with van der Waals surface area (Å²) in [6.07, 6.45) is 3.55. The first-order valence-electron chi connectivity index (χ1n) is 11.7. The van der Waals surface area contributed by atoms with Crippen molar-refractivity contribution in [2.45, 2.75) is 13.1 Å². The van der Waals surface area contributed by atoms with E-state index in [0.29, 0.717) is 22.6 Å². The molecule has 0 fully saturated rings. The SMILES string of the molecule is CN(C)Cc1ccn2c(-c3ccnc(NCc4c(OO)cccc4OO)n3)c(-c3ccc(F)cc3)nc2c1. The summed E-state index contributed by atoms with van der Waals surface area (Å²) in [5.41, 5.74) is 4.87. The van der Waals surface area contributed by atoms with Crippen molar-refractivity contribution in [3.8, 4) is 34.1 Å². The first-order valence-corrected chi connectivity index (χ1v) is 11.7. The Morgan fingerprint density at radius 2 is 1.71 bits per heavy atom. The van der Waals surface area contributed by atoms with Crippen LogP contribution in [0, 0.1) is 5.82 Å². The highest BCUT2D eigenvalue weighted by atomic mass is 19.1. The number of imidazole rings is 1. The van der Waals surface area contributed by atoms with E-state index in [1.807, 2.05) is 36.8 Å². The highest BCUT2D eigenvalue weighted by Crippen LogP contribution is 2.33. The molecule has 0 bridgehead atoms. The van der Waals surface area contributed by atoms with Crippen LogP contribution in [0.4, 0.5) is 10.3 Å². The molecule has 0 amide bonds. The number of hydrogen-bond donors (Lipinski definition) is 3. The molecule has 10 nitrogen and oxygen atoms in total. The van der Waals surface area contributed by atoms with Crippen LogP contribution < -0.4 is 15.1 Å². The number of rotatable bonds is 9. The normalized spacial score (nSPS) is 11.2. The predicted molar refractivity (Wildman–Crippen MR) is 139 cm³/mol. The molecule has 5 aromatic rings. The van der Waals surface area contributed by atoms with Gasteiger partial charge in [-0.05, 0) is 74.3 Å². The molecule has 5 rings (SSSR count). The zero-order chi connectivity index (χ0) is 26.6. The molecule has 0 atom stereocenters. The molecule has 0 aliphatic carbocycles. The summed E-state index contributed by atoms with van der Waals surface area (Å²) in [5, 5.41) is 21.5. The summed E-state index contributed by atoms with van der Waals surface area (Å²) in [6.45, 7) is 0.840. The van der Waals surface area contributed by atoms with E-state index in [0.717, 1.165) is 23.3 Å². The van der Waals surface area contributed by atoms with Gasteiger partial charge in [0.25, 0.3) is 0 Å². The van der Waals surface area contributed by atoms with Gasteiger partial charge in [-0.25, -0.2) is 29.9 Å². The number of halogens is 1. The third-order valence-electron chi connectivity index (χ3n) is 5.92. The van der Waals surface area contributed by atoms with Gasteiger partial charge in [0.15, 0.2) is 11.5 Å². The zero-order valence-electron chi connectivity index (χ0n) is 20.7. The molecule has 38 heavy (non-hydrogen) atoms. The first-order chi connectivity index (χ1) is 18.5. The monoisotopic (exact) mass is 516 g/mol. The second-order valence-corrected chi connectivity index (χ2v) is 8.85. The predicted octanol–water partition coefficient (Wildman–Crippen LogP) is 4.97. The maximum atomic E-state index is 13.7. The van der Waals surface area contributed by atoms with Crippen molar-refractivity contribution in [2.75, 3.05) is 19.4 Å². The van der Waals surface area contributed by atoms with Crippen LogP contribution in [0.2, 0.25) is 0 Å². The van der Waals surface area contributed by atoms with Gasteiger partial charge in [-0.2, -0.15) is 0 Å². The number of fused-ring (bicyclic) bond motifs is 1. The largest absolute Gasteiger partial charge is 0.350 e. The molecule has 11 heteroatoms. The van der Waals surface area contributed by atoms with E-state index in [1.54, 1.807) is 30.5 Å². The molecule has 3 N–H and O–H groups in total. The lowest BCUT2D eigenvalue weighted by Crippen LogP contribution is -2.10. The summed E-state index contributed by atoms with van der Waals surface area (Å²) in [4.78, 5) is 24.8. The second-order valence-electron chi connectivity index (χ2n) is 8.85. The molecule has 194 valence electrons. The highest BCUT2D eigenvalue weighted by molar-refractivity contribution is 5.80. The fourth-order valence-electron chi connectivity index (χ4n) is 4.24. The Hall–Kier alpha value is -4.58. The van der Waals surface area contributed by atoms with E-state index in [-0.39, 0.29) is 29.8 Å². The van der Waals surface area contributed by atoms with Gasteiger partial charge in [-0.1, -0.05) is 6.07 Å². The molecule has 3 aromatic heterocycles. The lowest BCUT2D eigenvalue weighted by Gasteiger charge is -2.12. The first kappa shape index (κ1) is 25.1. The van der Waals surface area contributed by atoms with Crippen molar-refractivity contribution >= 4 is 11.6 Å². The number of aromatic nitrogens is 4. The Bertz CT molecular complexity index is 1550. The van der Waals surface area contributed by atoms with E-state index in [2.05, 4.69) is 25.0 Å². The van der Waals surface area contributed by atoms with Crippen LogP contribution in [0.1, 0.15) is 11.1 Å². The number of anilines is 1. The van der Waals surface area contributed by atoms with Gasteiger partial charge in [-0.15, -0.1) is 0 Å². The van der Waals surface area contributed by atoms with E-state index in [4.69, 9.17) is 9.97 Å². The topological polar surface area (TPSA) is 117 Å². The summed E-state index contributed by atoms with van der Waals surface area (Å²) in [5.74, 6) is 0.158. The van der Waals surface area contributed by atoms with Gasteiger partial charge in [-0.3, -0.25) is 4.40 Å². The third kappa shape index (κ3) is 5.11. The Balaban J connectivity index is 1.56. The van der Waals surface area contributed by atoms with Crippen molar-refractivity contribution in [2.24, 2.45) is 0 Å². The standard InChI is InChI=1S/C27H25FN6O4/c1-33(2)16-17-11-13-34-24(14-17)32-25(18-6-8-19(28)9-7-18)26(34)21-10-12-29-27(31-21)30-15-20-22(37-35)4-3-5-23(20)38-36/h3-14,35-36H,15-16H2,1-2H3,(H,29,30,31). The molecular formula is C27H25FN6O4. The van der Waals surface area contributed by atoms with Crippen LogP contribution in [0.5, 0.6) is 11.5 Å². The molecule has 0 saturated carbocycles. The van der Waals surface area contributed by atoms with Crippen molar-refractivity contribution in [3.05, 3.63) is 90.0 Å². The van der Waals surface area contributed by atoms with Crippen molar-refractivity contribution in [3.63, 3.8) is 0 Å². The molecule has 0 aliphatic heterocycles. The van der Waals surface area contributed by atoms with Crippen molar-refractivity contribution < 1.29 is 24.7 Å². The fourth-order valence-corrected chi connectivity index (χ4v) is 4.24. The van der Waals surface area contributed by atoms with Gasteiger partial charge >= 0.3 is 0 Å². The van der Waals surface area contributed by atoms with Gasteiger partial charge in [0.2, 0.25) is 5.95 Å². The van der Waals surface area contributed by atoms with Gasteiger partial charge < -0.3 is 20.0 Å². The number of hydrogen-bond acceptors (Lipinski definition) is 9. The molecule has 3 heterocycles.